The topological polar surface area (TPSA) is 41.1 Å². The molecular formula is C15H23ClN2OS. The van der Waals surface area contributed by atoms with Crippen LogP contribution in [0.2, 0.25) is 0 Å². The number of amides is 1. The van der Waals surface area contributed by atoms with E-state index in [1.54, 1.807) is 0 Å². The van der Waals surface area contributed by atoms with Gasteiger partial charge >= 0.3 is 0 Å². The molecular weight excluding hydrogens is 292 g/mol. The van der Waals surface area contributed by atoms with Crippen molar-refractivity contribution in [3.63, 3.8) is 0 Å². The van der Waals surface area contributed by atoms with Crippen molar-refractivity contribution in [3.05, 3.63) is 29.8 Å². The number of halogens is 1. The Morgan fingerprint density at radius 1 is 1.45 bits per heavy atom. The molecule has 5 heteroatoms. The largest absolute Gasteiger partial charge is 0.348 e. The molecule has 112 valence electrons. The molecule has 1 aromatic rings. The van der Waals surface area contributed by atoms with Crippen LogP contribution in [0.15, 0.2) is 29.2 Å². The molecule has 1 aliphatic heterocycles. The van der Waals surface area contributed by atoms with Crippen LogP contribution in [0, 0.1) is 0 Å². The van der Waals surface area contributed by atoms with Gasteiger partial charge in [-0.05, 0) is 49.8 Å². The molecule has 3 nitrogen and oxygen atoms in total. The fourth-order valence-electron chi connectivity index (χ4n) is 2.33. The second kappa shape index (κ2) is 8.55. The number of nitrogens with one attached hydrogen (secondary N) is 2. The Labute approximate surface area is 131 Å². The molecule has 1 aromatic carbocycles. The number of hydrogen-bond donors (Lipinski definition) is 2. The average Bonchev–Trinajstić information content (AvgIpc) is 2.94. The van der Waals surface area contributed by atoms with Crippen LogP contribution >= 0.6 is 24.2 Å². The van der Waals surface area contributed by atoms with Gasteiger partial charge in [-0.2, -0.15) is 0 Å². The number of thioether (sulfide) groups is 1. The first-order chi connectivity index (χ1) is 9.20. The maximum atomic E-state index is 12.0. The van der Waals surface area contributed by atoms with Gasteiger partial charge in [0.2, 0.25) is 5.91 Å². The van der Waals surface area contributed by atoms with Crippen molar-refractivity contribution in [1.29, 1.82) is 0 Å². The lowest BCUT2D eigenvalue weighted by molar-refractivity contribution is -0.123. The predicted octanol–water partition coefficient (Wildman–Crippen LogP) is 3.15. The maximum absolute atomic E-state index is 12.0. The van der Waals surface area contributed by atoms with Gasteiger partial charge in [0, 0.05) is 4.90 Å². The molecule has 0 aliphatic carbocycles. The van der Waals surface area contributed by atoms with Crippen LogP contribution in [0.25, 0.3) is 0 Å². The van der Waals surface area contributed by atoms with Gasteiger partial charge in [0.05, 0.1) is 12.1 Å². The van der Waals surface area contributed by atoms with Gasteiger partial charge in [-0.25, -0.2) is 0 Å². The summed E-state index contributed by atoms with van der Waals surface area (Å²) in [5.41, 5.74) is 1.16. The summed E-state index contributed by atoms with van der Waals surface area (Å²) in [5.74, 6) is 1.20. The van der Waals surface area contributed by atoms with E-state index in [2.05, 4.69) is 41.8 Å². The van der Waals surface area contributed by atoms with Crippen molar-refractivity contribution in [2.75, 3.05) is 12.3 Å². The molecule has 1 fully saturated rings. The summed E-state index contributed by atoms with van der Waals surface area (Å²) in [6, 6.07) is 8.52. The van der Waals surface area contributed by atoms with Crippen LogP contribution < -0.4 is 10.6 Å². The SMILES string of the molecule is CCSc1ccc(C(C)NC(=O)C2CCCN2)cc1.Cl. The van der Waals surface area contributed by atoms with Gasteiger partial charge in [0.15, 0.2) is 0 Å². The van der Waals surface area contributed by atoms with Crippen molar-refractivity contribution in [1.82, 2.24) is 10.6 Å². The Bertz CT molecular complexity index is 418. The van der Waals surface area contributed by atoms with Crippen molar-refractivity contribution < 1.29 is 4.79 Å². The van der Waals surface area contributed by atoms with E-state index >= 15 is 0 Å². The summed E-state index contributed by atoms with van der Waals surface area (Å²) in [5, 5.41) is 6.30. The molecule has 2 rings (SSSR count). The lowest BCUT2D eigenvalue weighted by Crippen LogP contribution is -2.41. The first-order valence-electron chi connectivity index (χ1n) is 6.97. The lowest BCUT2D eigenvalue weighted by atomic mass is 10.1. The Morgan fingerprint density at radius 2 is 2.15 bits per heavy atom. The number of carbonyl (C=O) groups is 1. The van der Waals surface area contributed by atoms with Crippen LogP contribution in [0.3, 0.4) is 0 Å². The van der Waals surface area contributed by atoms with Gasteiger partial charge < -0.3 is 10.6 Å². The van der Waals surface area contributed by atoms with Crippen LogP contribution in [0.1, 0.15) is 38.3 Å². The molecule has 20 heavy (non-hydrogen) atoms. The van der Waals surface area contributed by atoms with Gasteiger partial charge in [0.25, 0.3) is 0 Å². The smallest absolute Gasteiger partial charge is 0.237 e. The highest BCUT2D eigenvalue weighted by atomic mass is 35.5. The molecule has 0 spiro atoms. The number of rotatable bonds is 5. The third-order valence-electron chi connectivity index (χ3n) is 3.43. The Hall–Kier alpha value is -0.710. The minimum absolute atomic E-state index is 0. The molecule has 1 saturated heterocycles. The number of carbonyl (C=O) groups excluding carboxylic acids is 1. The predicted molar refractivity (Wildman–Crippen MR) is 87.7 cm³/mol. The summed E-state index contributed by atoms with van der Waals surface area (Å²) in [4.78, 5) is 13.3. The van der Waals surface area contributed by atoms with E-state index in [-0.39, 0.29) is 30.4 Å². The highest BCUT2D eigenvalue weighted by molar-refractivity contribution is 7.99. The van der Waals surface area contributed by atoms with Crippen molar-refractivity contribution >= 4 is 30.1 Å². The molecule has 1 amide bonds. The van der Waals surface area contributed by atoms with Gasteiger partial charge in [-0.1, -0.05) is 19.1 Å². The first kappa shape index (κ1) is 17.3. The minimum Gasteiger partial charge on any atom is -0.348 e. The lowest BCUT2D eigenvalue weighted by Gasteiger charge is -2.17. The molecule has 1 heterocycles. The zero-order valence-corrected chi connectivity index (χ0v) is 13.7. The van der Waals surface area contributed by atoms with Gasteiger partial charge in [0.1, 0.15) is 0 Å². The molecule has 0 saturated carbocycles. The third-order valence-corrected chi connectivity index (χ3v) is 4.32. The van der Waals surface area contributed by atoms with E-state index in [1.807, 2.05) is 18.7 Å². The van der Waals surface area contributed by atoms with Gasteiger partial charge in [-0.15, -0.1) is 24.2 Å². The van der Waals surface area contributed by atoms with Gasteiger partial charge in [-0.3, -0.25) is 4.79 Å². The van der Waals surface area contributed by atoms with Crippen LogP contribution in [-0.2, 0) is 4.79 Å². The van der Waals surface area contributed by atoms with E-state index in [1.165, 1.54) is 4.90 Å². The average molecular weight is 315 g/mol. The standard InChI is InChI=1S/C15H22N2OS.ClH/c1-3-19-13-8-6-12(7-9-13)11(2)17-15(18)14-5-4-10-16-14;/h6-9,11,14,16H,3-5,10H2,1-2H3,(H,17,18);1H. The fraction of sp³-hybridized carbons (Fsp3) is 0.533. The van der Waals surface area contributed by atoms with E-state index < -0.39 is 0 Å². The van der Waals surface area contributed by atoms with Crippen molar-refractivity contribution in [2.24, 2.45) is 0 Å². The Morgan fingerprint density at radius 3 is 2.70 bits per heavy atom. The summed E-state index contributed by atoms with van der Waals surface area (Å²) in [6.45, 7) is 5.14. The second-order valence-electron chi connectivity index (χ2n) is 4.88. The first-order valence-corrected chi connectivity index (χ1v) is 7.95. The normalized spacial score (nSPS) is 19.2. The second-order valence-corrected chi connectivity index (χ2v) is 6.22. The quantitative estimate of drug-likeness (QED) is 0.820. The summed E-state index contributed by atoms with van der Waals surface area (Å²) >= 11 is 1.83. The maximum Gasteiger partial charge on any atom is 0.237 e. The monoisotopic (exact) mass is 314 g/mol. The number of hydrogen-bond acceptors (Lipinski definition) is 3. The zero-order valence-electron chi connectivity index (χ0n) is 12.0. The summed E-state index contributed by atoms with van der Waals surface area (Å²) in [7, 11) is 0. The van der Waals surface area contributed by atoms with E-state index in [0.717, 1.165) is 30.7 Å². The van der Waals surface area contributed by atoms with E-state index in [4.69, 9.17) is 0 Å². The van der Waals surface area contributed by atoms with E-state index in [9.17, 15) is 4.79 Å². The molecule has 1 aliphatic rings. The molecule has 0 aromatic heterocycles. The third kappa shape index (κ3) is 4.69. The van der Waals surface area contributed by atoms with Crippen LogP contribution in [-0.4, -0.2) is 24.2 Å². The van der Waals surface area contributed by atoms with Crippen LogP contribution in [0.5, 0.6) is 0 Å². The summed E-state index contributed by atoms with van der Waals surface area (Å²) in [6.07, 6.45) is 2.04. The molecule has 0 radical (unpaired) electrons. The zero-order chi connectivity index (χ0) is 13.7. The molecule has 2 atom stereocenters. The fourth-order valence-corrected chi connectivity index (χ4v) is 2.99. The highest BCUT2D eigenvalue weighted by Gasteiger charge is 2.23. The molecule has 0 bridgehead atoms. The van der Waals surface area contributed by atoms with E-state index in [0.29, 0.717) is 0 Å². The highest BCUT2D eigenvalue weighted by Crippen LogP contribution is 2.21. The van der Waals surface area contributed by atoms with Crippen molar-refractivity contribution in [2.45, 2.75) is 43.7 Å². The molecule has 2 N–H and O–H groups in total. The minimum atomic E-state index is -0.00244. The Kier molecular flexibility index (Phi) is 7.41. The molecule has 2 unspecified atom stereocenters. The summed E-state index contributed by atoms with van der Waals surface area (Å²) < 4.78 is 0. The van der Waals surface area contributed by atoms with Crippen molar-refractivity contribution in [3.8, 4) is 0 Å². The van der Waals surface area contributed by atoms with Crippen LogP contribution in [0.4, 0.5) is 0 Å². The Balaban J connectivity index is 0.00000200. The number of benzene rings is 1.